The smallest absolute Gasteiger partial charge is 0.267 e. The lowest BCUT2D eigenvalue weighted by Crippen LogP contribution is -2.24. The van der Waals surface area contributed by atoms with Gasteiger partial charge in [0.1, 0.15) is 6.54 Å². The molecule has 4 heteroatoms. The van der Waals surface area contributed by atoms with Crippen LogP contribution in [-0.4, -0.2) is 23.2 Å². The van der Waals surface area contributed by atoms with Crippen molar-refractivity contribution in [1.29, 1.82) is 0 Å². The molecule has 11 heavy (non-hydrogen) atoms. The van der Waals surface area contributed by atoms with Crippen LogP contribution in [-0.2, 0) is 4.79 Å². The van der Waals surface area contributed by atoms with E-state index < -0.39 is 0 Å². The Hall–Kier alpha value is -0.900. The molecule has 0 bridgehead atoms. The van der Waals surface area contributed by atoms with Crippen molar-refractivity contribution in [3.8, 4) is 0 Å². The van der Waals surface area contributed by atoms with Gasteiger partial charge in [0, 0.05) is 6.20 Å². The summed E-state index contributed by atoms with van der Waals surface area (Å²) >= 11 is 3.31. The standard InChI is InChI=1S/C7H5BrN2O/c8-5-2-1-3-10-4-6(11)9-7(5)10/h1-3H,4H2. The molecule has 0 unspecified atom stereocenters. The first-order valence-corrected chi connectivity index (χ1v) is 3.99. The van der Waals surface area contributed by atoms with E-state index in [0.29, 0.717) is 6.54 Å². The van der Waals surface area contributed by atoms with Crippen LogP contribution in [0.5, 0.6) is 0 Å². The van der Waals surface area contributed by atoms with Gasteiger partial charge in [-0.05, 0) is 28.1 Å². The third kappa shape index (κ3) is 1.03. The van der Waals surface area contributed by atoms with Gasteiger partial charge in [-0.1, -0.05) is 0 Å². The van der Waals surface area contributed by atoms with Crippen LogP contribution in [0.4, 0.5) is 0 Å². The molecule has 0 fully saturated rings. The second-order valence-corrected chi connectivity index (χ2v) is 3.17. The minimum atomic E-state index is -0.0862. The predicted molar refractivity (Wildman–Crippen MR) is 45.3 cm³/mol. The molecule has 2 heterocycles. The SMILES string of the molecule is O=C1CN2C=CC=C(Br)C2=N1. The van der Waals surface area contributed by atoms with Gasteiger partial charge >= 0.3 is 0 Å². The van der Waals surface area contributed by atoms with E-state index in [2.05, 4.69) is 20.9 Å². The highest BCUT2D eigenvalue weighted by Crippen LogP contribution is 2.19. The van der Waals surface area contributed by atoms with Crippen LogP contribution in [0, 0.1) is 0 Å². The van der Waals surface area contributed by atoms with Crippen LogP contribution in [0.1, 0.15) is 0 Å². The fraction of sp³-hybridized carbons (Fsp3) is 0.143. The van der Waals surface area contributed by atoms with E-state index in [0.717, 1.165) is 10.3 Å². The van der Waals surface area contributed by atoms with Crippen molar-refractivity contribution in [3.05, 3.63) is 22.8 Å². The first-order chi connectivity index (χ1) is 5.27. The number of halogens is 1. The summed E-state index contributed by atoms with van der Waals surface area (Å²) in [5, 5.41) is 0. The molecule has 0 aliphatic carbocycles. The maximum atomic E-state index is 10.8. The van der Waals surface area contributed by atoms with Crippen LogP contribution < -0.4 is 0 Å². The number of amides is 1. The molecule has 2 aliphatic rings. The Morgan fingerprint density at radius 2 is 2.45 bits per heavy atom. The normalized spacial score (nSPS) is 21.5. The molecule has 0 N–H and O–H groups in total. The predicted octanol–water partition coefficient (Wildman–Crippen LogP) is 1.03. The number of rotatable bonds is 0. The summed E-state index contributed by atoms with van der Waals surface area (Å²) in [7, 11) is 0. The summed E-state index contributed by atoms with van der Waals surface area (Å²) in [4.78, 5) is 16.5. The van der Waals surface area contributed by atoms with E-state index in [1.54, 1.807) is 0 Å². The highest BCUT2D eigenvalue weighted by atomic mass is 79.9. The molecule has 2 rings (SSSR count). The summed E-state index contributed by atoms with van der Waals surface area (Å²) in [6.45, 7) is 0.370. The molecule has 56 valence electrons. The van der Waals surface area contributed by atoms with E-state index in [-0.39, 0.29) is 5.91 Å². The number of allylic oxidation sites excluding steroid dienone is 2. The van der Waals surface area contributed by atoms with Gasteiger partial charge in [-0.2, -0.15) is 4.99 Å². The van der Waals surface area contributed by atoms with Crippen molar-refractivity contribution >= 4 is 27.7 Å². The Labute approximate surface area is 72.2 Å². The molecule has 0 aromatic heterocycles. The molecule has 3 nitrogen and oxygen atoms in total. The summed E-state index contributed by atoms with van der Waals surface area (Å²) in [6.07, 6.45) is 5.59. The first kappa shape index (κ1) is 6.79. The Morgan fingerprint density at radius 1 is 1.64 bits per heavy atom. The van der Waals surface area contributed by atoms with Gasteiger partial charge in [0.25, 0.3) is 5.91 Å². The summed E-state index contributed by atoms with van der Waals surface area (Å²) in [5.74, 6) is 0.634. The number of carbonyl (C=O) groups is 1. The third-order valence-corrected chi connectivity index (χ3v) is 2.15. The van der Waals surface area contributed by atoms with Crippen molar-refractivity contribution in [2.45, 2.75) is 0 Å². The monoisotopic (exact) mass is 212 g/mol. The number of hydrogen-bond acceptors (Lipinski definition) is 2. The van der Waals surface area contributed by atoms with E-state index in [4.69, 9.17) is 0 Å². The Morgan fingerprint density at radius 3 is 3.18 bits per heavy atom. The van der Waals surface area contributed by atoms with E-state index in [1.807, 2.05) is 23.3 Å². The van der Waals surface area contributed by atoms with Crippen molar-refractivity contribution in [2.75, 3.05) is 6.54 Å². The third-order valence-electron chi connectivity index (χ3n) is 1.53. The van der Waals surface area contributed by atoms with Crippen molar-refractivity contribution < 1.29 is 4.79 Å². The van der Waals surface area contributed by atoms with Gasteiger partial charge in [0.05, 0.1) is 4.48 Å². The second-order valence-electron chi connectivity index (χ2n) is 2.31. The summed E-state index contributed by atoms with van der Waals surface area (Å²) in [6, 6.07) is 0. The lowest BCUT2D eigenvalue weighted by atomic mass is 10.3. The molecule has 0 aromatic carbocycles. The molecular weight excluding hydrogens is 208 g/mol. The topological polar surface area (TPSA) is 32.7 Å². The van der Waals surface area contributed by atoms with Gasteiger partial charge < -0.3 is 4.90 Å². The number of carbonyl (C=O) groups excluding carboxylic acids is 1. The molecular formula is C7H5BrN2O. The molecule has 1 amide bonds. The number of amidine groups is 1. The van der Waals surface area contributed by atoms with Gasteiger partial charge in [0.15, 0.2) is 5.84 Å². The number of hydrogen-bond donors (Lipinski definition) is 0. The largest absolute Gasteiger partial charge is 0.322 e. The van der Waals surface area contributed by atoms with Crippen LogP contribution in [0.15, 0.2) is 27.8 Å². The fourth-order valence-electron chi connectivity index (χ4n) is 1.06. The zero-order valence-corrected chi connectivity index (χ0v) is 7.21. The summed E-state index contributed by atoms with van der Waals surface area (Å²) in [5.41, 5.74) is 0. The second kappa shape index (κ2) is 2.30. The van der Waals surface area contributed by atoms with Crippen molar-refractivity contribution in [3.63, 3.8) is 0 Å². The Kier molecular flexibility index (Phi) is 1.42. The molecule has 0 aromatic rings. The maximum absolute atomic E-state index is 10.8. The molecule has 0 spiro atoms. The molecule has 0 radical (unpaired) electrons. The van der Waals surface area contributed by atoms with Crippen LogP contribution in [0.25, 0.3) is 0 Å². The zero-order valence-electron chi connectivity index (χ0n) is 5.62. The van der Waals surface area contributed by atoms with Crippen LogP contribution in [0.2, 0.25) is 0 Å². The van der Waals surface area contributed by atoms with Gasteiger partial charge in [-0.15, -0.1) is 0 Å². The van der Waals surface area contributed by atoms with E-state index in [1.165, 1.54) is 0 Å². The molecule has 0 saturated heterocycles. The average molecular weight is 213 g/mol. The number of nitrogens with zero attached hydrogens (tertiary/aromatic N) is 2. The number of fused-ring (bicyclic) bond motifs is 1. The quantitative estimate of drug-likeness (QED) is 0.602. The van der Waals surface area contributed by atoms with E-state index in [9.17, 15) is 4.79 Å². The average Bonchev–Trinajstić information content (AvgIpc) is 2.31. The minimum Gasteiger partial charge on any atom is -0.322 e. The molecule has 0 saturated carbocycles. The van der Waals surface area contributed by atoms with E-state index >= 15 is 0 Å². The Bertz CT molecular complexity index is 304. The van der Waals surface area contributed by atoms with Gasteiger partial charge in [0.2, 0.25) is 0 Å². The minimum absolute atomic E-state index is 0.0862. The lowest BCUT2D eigenvalue weighted by molar-refractivity contribution is -0.116. The zero-order chi connectivity index (χ0) is 7.84. The van der Waals surface area contributed by atoms with Crippen LogP contribution in [0.3, 0.4) is 0 Å². The van der Waals surface area contributed by atoms with Crippen LogP contribution >= 0.6 is 15.9 Å². The van der Waals surface area contributed by atoms with Gasteiger partial charge in [-0.3, -0.25) is 4.79 Å². The highest BCUT2D eigenvalue weighted by Gasteiger charge is 2.24. The van der Waals surface area contributed by atoms with Crippen molar-refractivity contribution in [2.24, 2.45) is 4.99 Å². The fourth-order valence-corrected chi connectivity index (χ4v) is 1.53. The highest BCUT2D eigenvalue weighted by molar-refractivity contribution is 9.12. The maximum Gasteiger partial charge on any atom is 0.267 e. The Balaban J connectivity index is 2.43. The van der Waals surface area contributed by atoms with Crippen molar-refractivity contribution in [1.82, 2.24) is 4.90 Å². The first-order valence-electron chi connectivity index (χ1n) is 3.20. The summed E-state index contributed by atoms with van der Waals surface area (Å²) < 4.78 is 0.867. The molecule has 0 atom stereocenters. The van der Waals surface area contributed by atoms with Gasteiger partial charge in [-0.25, -0.2) is 0 Å². The number of aliphatic imine (C=N–C) groups is 1. The molecule has 2 aliphatic heterocycles. The lowest BCUT2D eigenvalue weighted by Gasteiger charge is -2.15.